The summed E-state index contributed by atoms with van der Waals surface area (Å²) >= 11 is 5.97. The second-order valence-corrected chi connectivity index (χ2v) is 3.77. The number of carbonyl (C=O) groups excluding carboxylic acids is 1. The van der Waals surface area contributed by atoms with Gasteiger partial charge in [-0.1, -0.05) is 11.6 Å². The summed E-state index contributed by atoms with van der Waals surface area (Å²) in [6, 6.07) is 4.93. The van der Waals surface area contributed by atoms with Crippen LogP contribution in [0.25, 0.3) is 0 Å². The Labute approximate surface area is 103 Å². The summed E-state index contributed by atoms with van der Waals surface area (Å²) in [7, 11) is 0. The predicted molar refractivity (Wildman–Crippen MR) is 61.3 cm³/mol. The lowest BCUT2D eigenvalue weighted by Crippen LogP contribution is -2.16. The number of nitriles is 1. The number of amides is 1. The smallest absolute Gasteiger partial charge is 0.238 e. The highest BCUT2D eigenvalue weighted by Crippen LogP contribution is 2.37. The van der Waals surface area contributed by atoms with Gasteiger partial charge in [-0.3, -0.25) is 4.79 Å². The minimum absolute atomic E-state index is 0.217. The van der Waals surface area contributed by atoms with E-state index in [0.29, 0.717) is 35.4 Å². The third kappa shape index (κ3) is 2.60. The van der Waals surface area contributed by atoms with E-state index in [1.54, 1.807) is 18.2 Å². The van der Waals surface area contributed by atoms with Gasteiger partial charge in [0, 0.05) is 12.1 Å². The lowest BCUT2D eigenvalue weighted by atomic mass is 10.2. The molecule has 1 heterocycles. The van der Waals surface area contributed by atoms with E-state index >= 15 is 0 Å². The molecule has 0 fully saturated rings. The van der Waals surface area contributed by atoms with Crippen LogP contribution in [0.4, 0.5) is 5.69 Å². The first kappa shape index (κ1) is 11.6. The first-order valence-electron chi connectivity index (χ1n) is 4.96. The van der Waals surface area contributed by atoms with Crippen molar-refractivity contribution in [1.29, 1.82) is 5.26 Å². The molecule has 5 nitrogen and oxygen atoms in total. The number of halogens is 1. The van der Waals surface area contributed by atoms with E-state index in [0.717, 1.165) is 0 Å². The standard InChI is InChI=1S/C11H9ClN2O3/c12-7-5-9-10(17-4-3-16-9)6-8(7)14-11(15)1-2-13/h5-6H,1,3-4H2,(H,14,15). The molecule has 0 radical (unpaired) electrons. The summed E-state index contributed by atoms with van der Waals surface area (Å²) in [6.07, 6.45) is -0.217. The molecule has 1 N–H and O–H groups in total. The predicted octanol–water partition coefficient (Wildman–Crippen LogP) is 1.96. The van der Waals surface area contributed by atoms with Crippen LogP contribution in [0.15, 0.2) is 12.1 Å². The van der Waals surface area contributed by atoms with Crippen LogP contribution in [0.3, 0.4) is 0 Å². The van der Waals surface area contributed by atoms with Crippen molar-refractivity contribution in [3.05, 3.63) is 17.2 Å². The highest BCUT2D eigenvalue weighted by molar-refractivity contribution is 6.34. The number of nitrogens with zero attached hydrogens (tertiary/aromatic N) is 1. The molecular formula is C11H9ClN2O3. The molecule has 6 heteroatoms. The Morgan fingerprint density at radius 2 is 2.06 bits per heavy atom. The fraction of sp³-hybridized carbons (Fsp3) is 0.273. The minimum atomic E-state index is -0.411. The maximum atomic E-state index is 11.3. The zero-order chi connectivity index (χ0) is 12.3. The molecule has 1 aliphatic rings. The van der Waals surface area contributed by atoms with Crippen molar-refractivity contribution in [1.82, 2.24) is 0 Å². The lowest BCUT2D eigenvalue weighted by Gasteiger charge is -2.19. The van der Waals surface area contributed by atoms with E-state index in [9.17, 15) is 4.79 Å². The summed E-state index contributed by atoms with van der Waals surface area (Å²) in [5.41, 5.74) is 0.413. The number of rotatable bonds is 2. The van der Waals surface area contributed by atoms with Gasteiger partial charge >= 0.3 is 0 Å². The van der Waals surface area contributed by atoms with Crippen LogP contribution in [-0.4, -0.2) is 19.1 Å². The second-order valence-electron chi connectivity index (χ2n) is 3.36. The number of ether oxygens (including phenoxy) is 2. The highest BCUT2D eigenvalue weighted by Gasteiger charge is 2.16. The molecule has 0 saturated carbocycles. The second kappa shape index (κ2) is 4.93. The number of anilines is 1. The van der Waals surface area contributed by atoms with E-state index in [4.69, 9.17) is 26.3 Å². The topological polar surface area (TPSA) is 71.4 Å². The zero-order valence-electron chi connectivity index (χ0n) is 8.83. The number of carbonyl (C=O) groups is 1. The van der Waals surface area contributed by atoms with Gasteiger partial charge in [0.25, 0.3) is 0 Å². The van der Waals surface area contributed by atoms with Crippen molar-refractivity contribution >= 4 is 23.2 Å². The molecule has 0 bridgehead atoms. The van der Waals surface area contributed by atoms with E-state index in [-0.39, 0.29) is 6.42 Å². The lowest BCUT2D eigenvalue weighted by molar-refractivity contribution is -0.115. The Balaban J connectivity index is 2.23. The summed E-state index contributed by atoms with van der Waals surface area (Å²) < 4.78 is 10.7. The Bertz CT molecular complexity index is 496. The van der Waals surface area contributed by atoms with Crippen molar-refractivity contribution < 1.29 is 14.3 Å². The molecule has 1 aromatic rings. The van der Waals surface area contributed by atoms with Crippen LogP contribution in [0.5, 0.6) is 11.5 Å². The van der Waals surface area contributed by atoms with Crippen molar-refractivity contribution in [2.45, 2.75) is 6.42 Å². The molecule has 0 saturated heterocycles. The Hall–Kier alpha value is -1.93. The highest BCUT2D eigenvalue weighted by atomic mass is 35.5. The minimum Gasteiger partial charge on any atom is -0.486 e. The fourth-order valence-corrected chi connectivity index (χ4v) is 1.63. The van der Waals surface area contributed by atoms with Crippen molar-refractivity contribution in [2.24, 2.45) is 0 Å². The van der Waals surface area contributed by atoms with Crippen molar-refractivity contribution in [3.63, 3.8) is 0 Å². The Morgan fingerprint density at radius 1 is 1.41 bits per heavy atom. The molecular weight excluding hydrogens is 244 g/mol. The number of hydrogen-bond acceptors (Lipinski definition) is 4. The molecule has 1 amide bonds. The Kier molecular flexibility index (Phi) is 3.35. The zero-order valence-corrected chi connectivity index (χ0v) is 9.58. The average molecular weight is 253 g/mol. The number of benzene rings is 1. The third-order valence-corrected chi connectivity index (χ3v) is 2.46. The average Bonchev–Trinajstić information content (AvgIpc) is 2.30. The normalized spacial score (nSPS) is 12.7. The summed E-state index contributed by atoms with van der Waals surface area (Å²) in [5.74, 6) is 0.679. The molecule has 0 unspecified atom stereocenters. The van der Waals surface area contributed by atoms with E-state index in [1.165, 1.54) is 0 Å². The SMILES string of the molecule is N#CCC(=O)Nc1cc2c(cc1Cl)OCCO2. The molecule has 0 spiro atoms. The van der Waals surface area contributed by atoms with Gasteiger partial charge < -0.3 is 14.8 Å². The maximum Gasteiger partial charge on any atom is 0.238 e. The Morgan fingerprint density at radius 3 is 2.71 bits per heavy atom. The van der Waals surface area contributed by atoms with E-state index < -0.39 is 5.91 Å². The molecule has 17 heavy (non-hydrogen) atoms. The van der Waals surface area contributed by atoms with Crippen LogP contribution >= 0.6 is 11.6 Å². The van der Waals surface area contributed by atoms with E-state index in [2.05, 4.69) is 5.32 Å². The summed E-state index contributed by atoms with van der Waals surface area (Å²) in [6.45, 7) is 0.934. The largest absolute Gasteiger partial charge is 0.486 e. The molecule has 1 aliphatic heterocycles. The third-order valence-electron chi connectivity index (χ3n) is 2.15. The molecule has 1 aromatic carbocycles. The van der Waals surface area contributed by atoms with Gasteiger partial charge in [-0.2, -0.15) is 5.26 Å². The van der Waals surface area contributed by atoms with Gasteiger partial charge in [0.15, 0.2) is 11.5 Å². The van der Waals surface area contributed by atoms with Crippen molar-refractivity contribution in [2.75, 3.05) is 18.5 Å². The van der Waals surface area contributed by atoms with Crippen LogP contribution < -0.4 is 14.8 Å². The number of fused-ring (bicyclic) bond motifs is 1. The van der Waals surface area contributed by atoms with Gasteiger partial charge in [-0.05, 0) is 0 Å². The molecule has 0 aromatic heterocycles. The number of nitrogens with one attached hydrogen (secondary N) is 1. The van der Waals surface area contributed by atoms with Crippen LogP contribution in [0.2, 0.25) is 5.02 Å². The van der Waals surface area contributed by atoms with Crippen LogP contribution in [-0.2, 0) is 4.79 Å². The monoisotopic (exact) mass is 252 g/mol. The first-order valence-corrected chi connectivity index (χ1v) is 5.34. The first-order chi connectivity index (χ1) is 8.20. The van der Waals surface area contributed by atoms with Gasteiger partial charge in [0.2, 0.25) is 5.91 Å². The van der Waals surface area contributed by atoms with Gasteiger partial charge in [-0.15, -0.1) is 0 Å². The van der Waals surface area contributed by atoms with Gasteiger partial charge in [0.1, 0.15) is 19.6 Å². The molecule has 0 atom stereocenters. The molecule has 2 rings (SSSR count). The summed E-state index contributed by atoms with van der Waals surface area (Å²) in [4.78, 5) is 11.3. The quantitative estimate of drug-likeness (QED) is 0.873. The maximum absolute atomic E-state index is 11.3. The van der Waals surface area contributed by atoms with Crippen LogP contribution in [0, 0.1) is 11.3 Å². The van der Waals surface area contributed by atoms with Gasteiger partial charge in [-0.25, -0.2) is 0 Å². The van der Waals surface area contributed by atoms with E-state index in [1.807, 2.05) is 0 Å². The number of hydrogen-bond donors (Lipinski definition) is 1. The van der Waals surface area contributed by atoms with Crippen LogP contribution in [0.1, 0.15) is 6.42 Å². The van der Waals surface area contributed by atoms with Crippen molar-refractivity contribution in [3.8, 4) is 17.6 Å². The molecule has 0 aliphatic carbocycles. The van der Waals surface area contributed by atoms with Gasteiger partial charge in [0.05, 0.1) is 16.8 Å². The summed E-state index contributed by atoms with van der Waals surface area (Å²) in [5, 5.41) is 11.3. The molecule has 88 valence electrons. The fourth-order valence-electron chi connectivity index (χ4n) is 1.43.